The van der Waals surface area contributed by atoms with Crippen molar-refractivity contribution >= 4 is 13.2 Å². The highest BCUT2D eigenvalue weighted by Crippen LogP contribution is 2.44. The molecule has 32 heavy (non-hydrogen) atoms. The molecule has 0 saturated carbocycles. The molecule has 0 aliphatic rings. The normalized spacial score (nSPS) is 13.0. The Morgan fingerprint density at radius 2 is 1.28 bits per heavy atom. The van der Waals surface area contributed by atoms with E-state index in [-0.39, 0.29) is 7.92 Å². The van der Waals surface area contributed by atoms with Crippen molar-refractivity contribution in [2.45, 2.75) is 39.3 Å². The molecule has 0 fully saturated rings. The Morgan fingerprint density at radius 1 is 0.688 bits per heavy atom. The lowest BCUT2D eigenvalue weighted by atomic mass is 9.87. The van der Waals surface area contributed by atoms with Crippen LogP contribution in [0.3, 0.4) is 0 Å². The molecule has 162 valence electrons. The number of hydrogen-bond donors (Lipinski definition) is 0. The molecule has 0 N–H and O–H groups in total. The second kappa shape index (κ2) is 10.3. The summed E-state index contributed by atoms with van der Waals surface area (Å²) in [6, 6.07) is 35.5. The van der Waals surface area contributed by atoms with Gasteiger partial charge in [0, 0.05) is 0 Å². The van der Waals surface area contributed by atoms with Gasteiger partial charge in [0.2, 0.25) is 0 Å². The zero-order chi connectivity index (χ0) is 22.5. The molecule has 2 atom stereocenters. The minimum absolute atomic E-state index is 0.232. The highest BCUT2D eigenvalue weighted by atomic mass is 31.1. The lowest BCUT2D eigenvalue weighted by Gasteiger charge is -2.25. The maximum Gasteiger partial charge on any atom is -0.00693 e. The number of rotatable bonds is 7. The minimum Gasteiger partial charge on any atom is -0.0749 e. The van der Waals surface area contributed by atoms with Gasteiger partial charge in [-0.15, -0.1) is 0 Å². The van der Waals surface area contributed by atoms with Crippen LogP contribution in [0.15, 0.2) is 97.1 Å². The molecule has 0 spiro atoms. The van der Waals surface area contributed by atoms with Crippen LogP contribution in [0.4, 0.5) is 0 Å². The summed E-state index contributed by atoms with van der Waals surface area (Å²) >= 11 is 0. The SMILES string of the molecule is CCCC(C)P(C)c1ccccc1-c1c(C)cc(-c2ccccc2)cc1-c1ccccc1. The highest BCUT2D eigenvalue weighted by molar-refractivity contribution is 7.65. The fraction of sp³-hybridized carbons (Fsp3) is 0.226. The van der Waals surface area contributed by atoms with Crippen LogP contribution >= 0.6 is 7.92 Å². The van der Waals surface area contributed by atoms with Crippen molar-refractivity contribution in [2.75, 3.05) is 6.66 Å². The maximum absolute atomic E-state index is 2.46. The molecule has 0 aromatic heterocycles. The molecule has 4 rings (SSSR count). The van der Waals surface area contributed by atoms with Crippen LogP contribution in [-0.2, 0) is 0 Å². The fourth-order valence-corrected chi connectivity index (χ4v) is 6.64. The molecular formula is C31H33P. The number of hydrogen-bond acceptors (Lipinski definition) is 0. The Balaban J connectivity index is 1.94. The third-order valence-corrected chi connectivity index (χ3v) is 9.18. The summed E-state index contributed by atoms with van der Waals surface area (Å²) in [5, 5.41) is 1.52. The Bertz CT molecular complexity index is 1160. The van der Waals surface area contributed by atoms with Gasteiger partial charge in [0.25, 0.3) is 0 Å². The molecular weight excluding hydrogens is 403 g/mol. The standard InChI is InChI=1S/C31H33P/c1-5-14-24(3)32(4)30-20-13-12-19-28(30)31-23(2)21-27(25-15-8-6-9-16-25)22-29(31)26-17-10-7-11-18-26/h6-13,15-22,24H,5,14H2,1-4H3. The molecule has 0 bridgehead atoms. The lowest BCUT2D eigenvalue weighted by molar-refractivity contribution is 0.781. The Morgan fingerprint density at radius 3 is 1.94 bits per heavy atom. The zero-order valence-electron chi connectivity index (χ0n) is 19.7. The van der Waals surface area contributed by atoms with Gasteiger partial charge in [-0.2, -0.15) is 0 Å². The molecule has 0 aliphatic carbocycles. The molecule has 0 radical (unpaired) electrons. The molecule has 4 aromatic carbocycles. The van der Waals surface area contributed by atoms with Gasteiger partial charge in [-0.25, -0.2) is 0 Å². The third-order valence-electron chi connectivity index (χ3n) is 6.45. The van der Waals surface area contributed by atoms with Gasteiger partial charge in [0.05, 0.1) is 0 Å². The van der Waals surface area contributed by atoms with Crippen molar-refractivity contribution in [1.82, 2.24) is 0 Å². The first-order chi connectivity index (χ1) is 15.6. The minimum atomic E-state index is -0.232. The first-order valence-electron chi connectivity index (χ1n) is 11.7. The van der Waals surface area contributed by atoms with E-state index < -0.39 is 0 Å². The van der Waals surface area contributed by atoms with E-state index >= 15 is 0 Å². The average Bonchev–Trinajstić information content (AvgIpc) is 2.84. The van der Waals surface area contributed by atoms with Crippen molar-refractivity contribution in [1.29, 1.82) is 0 Å². The summed E-state index contributed by atoms with van der Waals surface area (Å²) in [5.41, 5.74) is 9.99. The van der Waals surface area contributed by atoms with Gasteiger partial charge in [-0.3, -0.25) is 0 Å². The van der Waals surface area contributed by atoms with Crippen molar-refractivity contribution < 1.29 is 0 Å². The monoisotopic (exact) mass is 436 g/mol. The molecule has 2 unspecified atom stereocenters. The number of benzene rings is 4. The molecule has 0 nitrogen and oxygen atoms in total. The second-order valence-electron chi connectivity index (χ2n) is 8.71. The average molecular weight is 437 g/mol. The summed E-state index contributed by atoms with van der Waals surface area (Å²) in [6.07, 6.45) is 2.53. The maximum atomic E-state index is 2.46. The van der Waals surface area contributed by atoms with Crippen LogP contribution in [0.1, 0.15) is 32.3 Å². The summed E-state index contributed by atoms with van der Waals surface area (Å²) in [6.45, 7) is 9.46. The summed E-state index contributed by atoms with van der Waals surface area (Å²) in [4.78, 5) is 0. The zero-order valence-corrected chi connectivity index (χ0v) is 20.6. The van der Waals surface area contributed by atoms with Crippen molar-refractivity contribution in [3.63, 3.8) is 0 Å². The van der Waals surface area contributed by atoms with E-state index in [1.807, 2.05) is 0 Å². The Labute approximate surface area is 195 Å². The second-order valence-corrected chi connectivity index (χ2v) is 11.3. The summed E-state index contributed by atoms with van der Waals surface area (Å²) in [7, 11) is -0.232. The van der Waals surface area contributed by atoms with Gasteiger partial charge < -0.3 is 0 Å². The molecule has 1 heteroatoms. The smallest absolute Gasteiger partial charge is 0.00693 e. The molecule has 0 amide bonds. The van der Waals surface area contributed by atoms with E-state index in [4.69, 9.17) is 0 Å². The van der Waals surface area contributed by atoms with E-state index in [1.54, 1.807) is 0 Å². The largest absolute Gasteiger partial charge is 0.0749 e. The Kier molecular flexibility index (Phi) is 7.23. The van der Waals surface area contributed by atoms with Crippen LogP contribution in [0.25, 0.3) is 33.4 Å². The van der Waals surface area contributed by atoms with E-state index in [9.17, 15) is 0 Å². The molecule has 0 aliphatic heterocycles. The van der Waals surface area contributed by atoms with Crippen molar-refractivity contribution in [3.8, 4) is 33.4 Å². The van der Waals surface area contributed by atoms with Crippen LogP contribution < -0.4 is 5.30 Å². The molecule has 4 aromatic rings. The molecule has 0 heterocycles. The van der Waals surface area contributed by atoms with Gasteiger partial charge in [0.15, 0.2) is 0 Å². The van der Waals surface area contributed by atoms with Gasteiger partial charge in [0.1, 0.15) is 0 Å². The summed E-state index contributed by atoms with van der Waals surface area (Å²) in [5.74, 6) is 0. The van der Waals surface area contributed by atoms with E-state index in [2.05, 4.69) is 124 Å². The van der Waals surface area contributed by atoms with Crippen LogP contribution in [0.2, 0.25) is 0 Å². The van der Waals surface area contributed by atoms with Crippen molar-refractivity contribution in [3.05, 3.63) is 103 Å². The summed E-state index contributed by atoms with van der Waals surface area (Å²) < 4.78 is 0. The third kappa shape index (κ3) is 4.72. The predicted molar refractivity (Wildman–Crippen MR) is 144 cm³/mol. The first-order valence-corrected chi connectivity index (χ1v) is 13.5. The van der Waals surface area contributed by atoms with Crippen LogP contribution in [0.5, 0.6) is 0 Å². The van der Waals surface area contributed by atoms with E-state index in [1.165, 1.54) is 57.1 Å². The lowest BCUT2D eigenvalue weighted by Crippen LogP contribution is -2.13. The van der Waals surface area contributed by atoms with E-state index in [0.717, 1.165) is 5.66 Å². The first kappa shape index (κ1) is 22.5. The van der Waals surface area contributed by atoms with Gasteiger partial charge in [-0.1, -0.05) is 119 Å². The quantitative estimate of drug-likeness (QED) is 0.254. The van der Waals surface area contributed by atoms with Crippen LogP contribution in [-0.4, -0.2) is 12.3 Å². The van der Waals surface area contributed by atoms with E-state index in [0.29, 0.717) is 0 Å². The fourth-order valence-electron chi connectivity index (χ4n) is 4.63. The van der Waals surface area contributed by atoms with Crippen LogP contribution in [0, 0.1) is 6.92 Å². The van der Waals surface area contributed by atoms with Gasteiger partial charge >= 0.3 is 0 Å². The number of aryl methyl sites for hydroxylation is 1. The molecule has 0 saturated heterocycles. The highest BCUT2D eigenvalue weighted by Gasteiger charge is 2.20. The predicted octanol–water partition coefficient (Wildman–Crippen LogP) is 8.92. The topological polar surface area (TPSA) is 0 Å². The van der Waals surface area contributed by atoms with Gasteiger partial charge in [-0.05, 0) is 76.0 Å². The van der Waals surface area contributed by atoms with Crippen molar-refractivity contribution in [2.24, 2.45) is 0 Å². The Hall–Kier alpha value is -2.69.